The molecule has 7 nitrogen and oxygen atoms in total. The van der Waals surface area contributed by atoms with Gasteiger partial charge in [-0.05, 0) is 37.1 Å². The Kier molecular flexibility index (Phi) is 4.34. The third kappa shape index (κ3) is 3.62. The number of urea groups is 1. The number of carbonyl (C=O) groups excluding carboxylic acids is 1. The summed E-state index contributed by atoms with van der Waals surface area (Å²) >= 11 is 0. The van der Waals surface area contributed by atoms with Gasteiger partial charge in [-0.25, -0.2) is 4.79 Å². The molecule has 2 N–H and O–H groups in total. The Morgan fingerprint density at radius 1 is 1.36 bits per heavy atom. The minimum Gasteiger partial charge on any atom is -0.376 e. The predicted molar refractivity (Wildman–Crippen MR) is 80.5 cm³/mol. The Hall–Kier alpha value is -2.41. The van der Waals surface area contributed by atoms with Gasteiger partial charge in [-0.2, -0.15) is 4.98 Å². The van der Waals surface area contributed by atoms with Crippen molar-refractivity contribution < 1.29 is 14.1 Å². The molecule has 0 spiro atoms. The summed E-state index contributed by atoms with van der Waals surface area (Å²) < 4.78 is 10.4. The minimum absolute atomic E-state index is 0.134. The number of rotatable bonds is 4. The van der Waals surface area contributed by atoms with Crippen LogP contribution in [-0.2, 0) is 4.74 Å². The summed E-state index contributed by atoms with van der Waals surface area (Å²) in [6.45, 7) is 3.06. The molecule has 1 aliphatic heterocycles. The van der Waals surface area contributed by atoms with Crippen molar-refractivity contribution >= 4 is 11.7 Å². The van der Waals surface area contributed by atoms with Gasteiger partial charge in [0, 0.05) is 31.3 Å². The van der Waals surface area contributed by atoms with Crippen LogP contribution in [0.25, 0.3) is 11.4 Å². The van der Waals surface area contributed by atoms with Crippen LogP contribution in [0.2, 0.25) is 0 Å². The van der Waals surface area contributed by atoms with Crippen LogP contribution in [-0.4, -0.2) is 35.4 Å². The SMILES string of the molecule is Cc1nc(-c2ccc(NC(=O)NCC3CCCO3)cc2)no1. The van der Waals surface area contributed by atoms with Crippen molar-refractivity contribution in [2.45, 2.75) is 25.9 Å². The van der Waals surface area contributed by atoms with Gasteiger partial charge in [-0.3, -0.25) is 0 Å². The summed E-state index contributed by atoms with van der Waals surface area (Å²) in [7, 11) is 0. The van der Waals surface area contributed by atoms with E-state index in [1.54, 1.807) is 19.1 Å². The van der Waals surface area contributed by atoms with Crippen molar-refractivity contribution in [1.29, 1.82) is 0 Å². The molecule has 1 fully saturated rings. The first-order valence-electron chi connectivity index (χ1n) is 7.28. The minimum atomic E-state index is -0.237. The molecule has 0 radical (unpaired) electrons. The number of hydrogen-bond donors (Lipinski definition) is 2. The first-order valence-corrected chi connectivity index (χ1v) is 7.28. The second-order valence-electron chi connectivity index (χ2n) is 5.18. The number of aryl methyl sites for hydroxylation is 1. The van der Waals surface area contributed by atoms with Gasteiger partial charge in [0.1, 0.15) is 0 Å². The lowest BCUT2D eigenvalue weighted by atomic mass is 10.2. The molecule has 2 amide bonds. The molecule has 1 atom stereocenters. The summed E-state index contributed by atoms with van der Waals surface area (Å²) in [5, 5.41) is 9.44. The summed E-state index contributed by atoms with van der Waals surface area (Å²) in [5.41, 5.74) is 1.54. The van der Waals surface area contributed by atoms with Crippen molar-refractivity contribution in [2.75, 3.05) is 18.5 Å². The maximum Gasteiger partial charge on any atom is 0.319 e. The van der Waals surface area contributed by atoms with Crippen molar-refractivity contribution in [3.05, 3.63) is 30.2 Å². The van der Waals surface area contributed by atoms with E-state index in [2.05, 4.69) is 20.8 Å². The van der Waals surface area contributed by atoms with Gasteiger partial charge in [-0.1, -0.05) is 5.16 Å². The molecule has 7 heteroatoms. The summed E-state index contributed by atoms with van der Waals surface area (Å²) in [5.74, 6) is 1.05. The summed E-state index contributed by atoms with van der Waals surface area (Å²) in [6, 6.07) is 7.03. The third-order valence-corrected chi connectivity index (χ3v) is 3.44. The first-order chi connectivity index (χ1) is 10.7. The highest BCUT2D eigenvalue weighted by Crippen LogP contribution is 2.18. The quantitative estimate of drug-likeness (QED) is 0.905. The predicted octanol–water partition coefficient (Wildman–Crippen LogP) is 2.35. The Balaban J connectivity index is 1.53. The number of hydrogen-bond acceptors (Lipinski definition) is 5. The molecular formula is C15H18N4O3. The van der Waals surface area contributed by atoms with Gasteiger partial charge in [0.2, 0.25) is 11.7 Å². The molecule has 0 bridgehead atoms. The van der Waals surface area contributed by atoms with Gasteiger partial charge in [0.05, 0.1) is 6.10 Å². The highest BCUT2D eigenvalue weighted by Gasteiger charge is 2.16. The number of aromatic nitrogens is 2. The van der Waals surface area contributed by atoms with E-state index in [9.17, 15) is 4.79 Å². The molecule has 2 aromatic rings. The van der Waals surface area contributed by atoms with Crippen LogP contribution in [0.5, 0.6) is 0 Å². The Morgan fingerprint density at radius 2 is 2.18 bits per heavy atom. The number of carbonyl (C=O) groups is 1. The van der Waals surface area contributed by atoms with E-state index < -0.39 is 0 Å². The Morgan fingerprint density at radius 3 is 2.82 bits per heavy atom. The van der Waals surface area contributed by atoms with Gasteiger partial charge in [-0.15, -0.1) is 0 Å². The number of nitrogens with zero attached hydrogens (tertiary/aromatic N) is 2. The number of anilines is 1. The van der Waals surface area contributed by atoms with Crippen LogP contribution in [0, 0.1) is 6.92 Å². The maximum absolute atomic E-state index is 11.8. The summed E-state index contributed by atoms with van der Waals surface area (Å²) in [4.78, 5) is 16.0. The first kappa shape index (κ1) is 14.5. The van der Waals surface area contributed by atoms with Crippen LogP contribution >= 0.6 is 0 Å². The molecule has 2 heterocycles. The zero-order chi connectivity index (χ0) is 15.4. The Bertz CT molecular complexity index is 632. The van der Waals surface area contributed by atoms with E-state index in [1.165, 1.54) is 0 Å². The highest BCUT2D eigenvalue weighted by molar-refractivity contribution is 5.89. The van der Waals surface area contributed by atoms with Gasteiger partial charge in [0.15, 0.2) is 0 Å². The fourth-order valence-corrected chi connectivity index (χ4v) is 2.31. The smallest absolute Gasteiger partial charge is 0.319 e. The van der Waals surface area contributed by atoms with Crippen LogP contribution in [0.3, 0.4) is 0 Å². The van der Waals surface area contributed by atoms with Crippen LogP contribution in [0.1, 0.15) is 18.7 Å². The zero-order valence-corrected chi connectivity index (χ0v) is 12.3. The van der Waals surface area contributed by atoms with E-state index in [-0.39, 0.29) is 12.1 Å². The van der Waals surface area contributed by atoms with E-state index in [0.717, 1.165) is 25.0 Å². The van der Waals surface area contributed by atoms with Crippen LogP contribution < -0.4 is 10.6 Å². The molecule has 1 aliphatic rings. The molecule has 1 aromatic heterocycles. The third-order valence-electron chi connectivity index (χ3n) is 3.44. The standard InChI is InChI=1S/C15H18N4O3/c1-10-17-14(19-22-10)11-4-6-12(7-5-11)18-15(20)16-9-13-3-2-8-21-13/h4-7,13H,2-3,8-9H2,1H3,(H2,16,18,20). The van der Waals surface area contributed by atoms with E-state index in [0.29, 0.717) is 23.9 Å². The van der Waals surface area contributed by atoms with E-state index in [1.807, 2.05) is 12.1 Å². The monoisotopic (exact) mass is 302 g/mol. The number of benzene rings is 1. The second-order valence-corrected chi connectivity index (χ2v) is 5.18. The molecule has 1 aromatic carbocycles. The van der Waals surface area contributed by atoms with Crippen molar-refractivity contribution in [3.8, 4) is 11.4 Å². The number of amides is 2. The Labute approximate surface area is 128 Å². The maximum atomic E-state index is 11.8. The lowest BCUT2D eigenvalue weighted by Gasteiger charge is -2.11. The normalized spacial score (nSPS) is 17.4. The molecule has 1 saturated heterocycles. The average Bonchev–Trinajstić information content (AvgIpc) is 3.17. The van der Waals surface area contributed by atoms with Crippen molar-refractivity contribution in [1.82, 2.24) is 15.5 Å². The molecule has 22 heavy (non-hydrogen) atoms. The molecule has 0 aliphatic carbocycles. The summed E-state index contributed by atoms with van der Waals surface area (Å²) in [6.07, 6.45) is 2.19. The largest absolute Gasteiger partial charge is 0.376 e. The fraction of sp³-hybridized carbons (Fsp3) is 0.400. The molecule has 0 saturated carbocycles. The molecular weight excluding hydrogens is 284 g/mol. The van der Waals surface area contributed by atoms with E-state index in [4.69, 9.17) is 9.26 Å². The number of nitrogens with one attached hydrogen (secondary N) is 2. The van der Waals surface area contributed by atoms with E-state index >= 15 is 0 Å². The van der Waals surface area contributed by atoms with Crippen molar-refractivity contribution in [3.63, 3.8) is 0 Å². The lowest BCUT2D eigenvalue weighted by molar-refractivity contribution is 0.112. The highest BCUT2D eigenvalue weighted by atomic mass is 16.5. The van der Waals surface area contributed by atoms with Gasteiger partial charge in [0.25, 0.3) is 0 Å². The van der Waals surface area contributed by atoms with Gasteiger partial charge < -0.3 is 19.9 Å². The fourth-order valence-electron chi connectivity index (χ4n) is 2.31. The molecule has 1 unspecified atom stereocenters. The van der Waals surface area contributed by atoms with Crippen molar-refractivity contribution in [2.24, 2.45) is 0 Å². The van der Waals surface area contributed by atoms with Crippen LogP contribution in [0.15, 0.2) is 28.8 Å². The average molecular weight is 302 g/mol. The van der Waals surface area contributed by atoms with Gasteiger partial charge >= 0.3 is 6.03 Å². The zero-order valence-electron chi connectivity index (χ0n) is 12.3. The lowest BCUT2D eigenvalue weighted by Crippen LogP contribution is -2.34. The molecule has 3 rings (SSSR count). The molecule has 116 valence electrons. The topological polar surface area (TPSA) is 89.3 Å². The van der Waals surface area contributed by atoms with Crippen LogP contribution in [0.4, 0.5) is 10.5 Å². The number of ether oxygens (including phenoxy) is 1. The second kappa shape index (κ2) is 6.57.